The summed E-state index contributed by atoms with van der Waals surface area (Å²) >= 11 is 7.33. The summed E-state index contributed by atoms with van der Waals surface area (Å²) in [6.45, 7) is 7.37. The summed E-state index contributed by atoms with van der Waals surface area (Å²) in [5, 5.41) is 0. The van der Waals surface area contributed by atoms with E-state index in [4.69, 9.17) is 0 Å². The number of unbranched alkanes of at least 4 members (excludes halogenated alkanes) is 2. The molecule has 0 aliphatic carbocycles. The van der Waals surface area contributed by atoms with Crippen LogP contribution in [0.15, 0.2) is 25.3 Å². The van der Waals surface area contributed by atoms with Crippen LogP contribution in [0.25, 0.3) is 0 Å². The van der Waals surface area contributed by atoms with Crippen LogP contribution in [-0.2, 0) is 11.2 Å². The van der Waals surface area contributed by atoms with Crippen molar-refractivity contribution in [2.24, 2.45) is 0 Å². The Morgan fingerprint density at radius 3 is 1.64 bits per heavy atom. The monoisotopic (exact) mass is 619 g/mol. The van der Waals surface area contributed by atoms with Gasteiger partial charge in [0.15, 0.2) is 0 Å². The molecule has 0 unspecified atom stereocenters. The molecule has 0 fully saturated rings. The Bertz CT molecular complexity index is 109. The van der Waals surface area contributed by atoms with E-state index in [1.165, 1.54) is 24.3 Å². The van der Waals surface area contributed by atoms with E-state index in [1.807, 2.05) is 23.9 Å². The molecular formula is C10H18I2PtS. The Labute approximate surface area is 122 Å². The van der Waals surface area contributed by atoms with Gasteiger partial charge in [0.25, 0.3) is 0 Å². The van der Waals surface area contributed by atoms with Crippen molar-refractivity contribution in [1.82, 2.24) is 0 Å². The summed E-state index contributed by atoms with van der Waals surface area (Å²) in [5.41, 5.74) is 0. The molecule has 0 rings (SSSR count). The van der Waals surface area contributed by atoms with Gasteiger partial charge in [-0.1, -0.05) is 12.2 Å². The van der Waals surface area contributed by atoms with Gasteiger partial charge in [0.05, 0.1) is 0 Å². The molecule has 0 aromatic carbocycles. The molecule has 0 aromatic rings. The average Bonchev–Trinajstić information content (AvgIpc) is 2.18. The second kappa shape index (κ2) is 20.4. The van der Waals surface area contributed by atoms with Crippen LogP contribution in [-0.4, -0.2) is 11.5 Å². The molecule has 0 aliphatic rings. The number of halogens is 2. The third-order valence-corrected chi connectivity index (χ3v) is 2.55. The number of allylic oxidation sites excluding steroid dienone is 2. The van der Waals surface area contributed by atoms with E-state index in [-0.39, 0.29) is 0 Å². The zero-order valence-corrected chi connectivity index (χ0v) is 15.7. The van der Waals surface area contributed by atoms with Gasteiger partial charge in [-0.25, -0.2) is 0 Å². The van der Waals surface area contributed by atoms with Crippen molar-refractivity contribution >= 4 is 50.5 Å². The number of hydrogen-bond acceptors (Lipinski definition) is 1. The molecule has 0 spiro atoms. The van der Waals surface area contributed by atoms with Crippen molar-refractivity contribution in [3.05, 3.63) is 25.3 Å². The third kappa shape index (κ3) is 23.6. The predicted molar refractivity (Wildman–Crippen MR) is 84.2 cm³/mol. The van der Waals surface area contributed by atoms with Gasteiger partial charge >= 0.3 is 49.9 Å². The molecule has 0 amide bonds. The fourth-order valence-corrected chi connectivity index (χ4v) is 1.71. The van der Waals surface area contributed by atoms with Crippen molar-refractivity contribution in [2.75, 3.05) is 11.5 Å². The van der Waals surface area contributed by atoms with Crippen molar-refractivity contribution < 1.29 is 11.2 Å². The van der Waals surface area contributed by atoms with Crippen LogP contribution in [0, 0.1) is 0 Å². The first-order valence-corrected chi connectivity index (χ1v) is 18.5. The number of thioether (sulfide) groups is 1. The Morgan fingerprint density at radius 2 is 1.36 bits per heavy atom. The molecule has 14 heavy (non-hydrogen) atoms. The van der Waals surface area contributed by atoms with Gasteiger partial charge in [0.2, 0.25) is 0 Å². The van der Waals surface area contributed by atoms with Crippen molar-refractivity contribution in [3.8, 4) is 0 Å². The molecule has 0 saturated carbocycles. The normalized spacial score (nSPS) is 9.00. The molecule has 0 heterocycles. The fourth-order valence-electron chi connectivity index (χ4n) is 0.762. The van der Waals surface area contributed by atoms with Gasteiger partial charge in [-0.3, -0.25) is 0 Å². The van der Waals surface area contributed by atoms with Crippen LogP contribution in [0.2, 0.25) is 0 Å². The Morgan fingerprint density at radius 1 is 1.00 bits per heavy atom. The SMILES string of the molecule is C=CCCCSCCCC=C.[I][Pt][I]. The average molecular weight is 619 g/mol. The molecule has 0 atom stereocenters. The molecule has 0 nitrogen and oxygen atoms in total. The van der Waals surface area contributed by atoms with Crippen LogP contribution < -0.4 is 0 Å². The van der Waals surface area contributed by atoms with E-state index in [2.05, 4.69) is 51.9 Å². The molecule has 0 saturated heterocycles. The number of rotatable bonds is 8. The van der Waals surface area contributed by atoms with Gasteiger partial charge in [-0.2, -0.15) is 11.8 Å². The van der Waals surface area contributed by atoms with Crippen LogP contribution in [0.5, 0.6) is 0 Å². The van der Waals surface area contributed by atoms with Gasteiger partial charge in [-0.15, -0.1) is 13.2 Å². The summed E-state index contributed by atoms with van der Waals surface area (Å²) in [4.78, 5) is 0. The van der Waals surface area contributed by atoms with Gasteiger partial charge in [0, 0.05) is 0 Å². The summed E-state index contributed by atoms with van der Waals surface area (Å²) in [7, 11) is 0. The second-order valence-electron chi connectivity index (χ2n) is 2.52. The van der Waals surface area contributed by atoms with Crippen LogP contribution >= 0.6 is 50.5 Å². The third-order valence-electron chi connectivity index (χ3n) is 1.39. The van der Waals surface area contributed by atoms with Crippen molar-refractivity contribution in [3.63, 3.8) is 0 Å². The Kier molecular flexibility index (Phi) is 26.7. The summed E-state index contributed by atoms with van der Waals surface area (Å²) < 4.78 is 0. The molecule has 0 aromatic heterocycles. The summed E-state index contributed by atoms with van der Waals surface area (Å²) in [6.07, 6.45) is 8.86. The summed E-state index contributed by atoms with van der Waals surface area (Å²) in [6, 6.07) is 0. The quantitative estimate of drug-likeness (QED) is 0.199. The van der Waals surface area contributed by atoms with E-state index < -0.39 is 0 Å². The van der Waals surface area contributed by atoms with E-state index in [0.29, 0.717) is 11.2 Å². The maximum atomic E-state index is 3.69. The van der Waals surface area contributed by atoms with E-state index in [0.717, 1.165) is 12.8 Å². The van der Waals surface area contributed by atoms with Crippen molar-refractivity contribution in [2.45, 2.75) is 25.7 Å². The fraction of sp³-hybridized carbons (Fsp3) is 0.600. The molecule has 0 bridgehead atoms. The first kappa shape index (κ1) is 18.3. The molecule has 0 N–H and O–H groups in total. The minimum atomic E-state index is 0.523. The minimum absolute atomic E-state index is 0.523. The van der Waals surface area contributed by atoms with E-state index in [1.54, 1.807) is 0 Å². The zero-order chi connectivity index (χ0) is 11.1. The molecule has 0 radical (unpaired) electrons. The zero-order valence-electron chi connectivity index (χ0n) is 8.29. The second-order valence-corrected chi connectivity index (χ2v) is 20.3. The van der Waals surface area contributed by atoms with Gasteiger partial charge in [0.1, 0.15) is 0 Å². The standard InChI is InChI=1S/C10H18S.2HI.Pt/c1-3-5-7-9-11-10-8-6-4-2;;;/h3-4H,1-2,5-10H2;2*1H;/q;;;+2/p-2. The van der Waals surface area contributed by atoms with E-state index in [9.17, 15) is 0 Å². The van der Waals surface area contributed by atoms with Gasteiger partial charge in [-0.05, 0) is 37.2 Å². The van der Waals surface area contributed by atoms with E-state index >= 15 is 0 Å². The van der Waals surface area contributed by atoms with Gasteiger partial charge < -0.3 is 0 Å². The van der Waals surface area contributed by atoms with Crippen LogP contribution in [0.1, 0.15) is 25.7 Å². The maximum absolute atomic E-state index is 3.69. The first-order valence-electron chi connectivity index (χ1n) is 4.45. The first-order chi connectivity index (χ1) is 6.83. The Balaban J connectivity index is 0. The number of hydrogen-bond donors (Lipinski definition) is 0. The van der Waals surface area contributed by atoms with Crippen molar-refractivity contribution in [1.29, 1.82) is 0 Å². The Hall–Kier alpha value is 1.98. The summed E-state index contributed by atoms with van der Waals surface area (Å²) in [5.74, 6) is 2.56. The molecule has 4 heteroatoms. The molecular weight excluding hydrogens is 601 g/mol. The molecule has 88 valence electrons. The van der Waals surface area contributed by atoms with Crippen LogP contribution in [0.4, 0.5) is 0 Å². The predicted octanol–water partition coefficient (Wildman–Crippen LogP) is 5.42. The topological polar surface area (TPSA) is 0 Å². The van der Waals surface area contributed by atoms with Crippen LogP contribution in [0.3, 0.4) is 0 Å². The molecule has 0 aliphatic heterocycles.